The molecule has 4 heteroatoms. The lowest BCUT2D eigenvalue weighted by Crippen LogP contribution is -2.47. The summed E-state index contributed by atoms with van der Waals surface area (Å²) in [6.07, 6.45) is 3.27. The zero-order valence-electron chi connectivity index (χ0n) is 10.6. The van der Waals surface area contributed by atoms with E-state index < -0.39 is 11.4 Å². The highest BCUT2D eigenvalue weighted by Crippen LogP contribution is 2.60. The van der Waals surface area contributed by atoms with E-state index in [2.05, 4.69) is 0 Å². The Bertz CT molecular complexity index is 564. The first-order valence-corrected chi connectivity index (χ1v) is 7.08. The van der Waals surface area contributed by atoms with Crippen molar-refractivity contribution in [2.45, 2.75) is 17.7 Å². The molecule has 1 saturated carbocycles. The van der Waals surface area contributed by atoms with Crippen molar-refractivity contribution in [3.63, 3.8) is 0 Å². The van der Waals surface area contributed by atoms with Crippen LogP contribution in [0.3, 0.4) is 0 Å². The van der Waals surface area contributed by atoms with Gasteiger partial charge in [-0.15, -0.1) is 0 Å². The van der Waals surface area contributed by atoms with Crippen molar-refractivity contribution in [1.29, 1.82) is 0 Å². The molecule has 0 N–H and O–H groups in total. The molecule has 0 spiro atoms. The van der Waals surface area contributed by atoms with Crippen LogP contribution in [0.4, 0.5) is 0 Å². The van der Waals surface area contributed by atoms with Gasteiger partial charge < -0.3 is 4.74 Å². The fourth-order valence-corrected chi connectivity index (χ4v) is 4.20. The molecule has 1 aromatic rings. The van der Waals surface area contributed by atoms with E-state index in [1.165, 1.54) is 18.9 Å². The molecule has 1 aromatic carbocycles. The first kappa shape index (κ1) is 12.5. The van der Waals surface area contributed by atoms with Crippen LogP contribution < -0.4 is 0 Å². The van der Waals surface area contributed by atoms with Gasteiger partial charge in [0, 0.05) is 22.1 Å². The Morgan fingerprint density at radius 2 is 2.11 bits per heavy atom. The number of rotatable bonds is 3. The molecule has 98 valence electrons. The number of benzene rings is 1. The molecule has 3 rings (SSSR count). The van der Waals surface area contributed by atoms with Crippen molar-refractivity contribution in [1.82, 2.24) is 0 Å². The molecule has 2 aliphatic rings. The normalized spacial score (nSPS) is 28.4. The second-order valence-electron chi connectivity index (χ2n) is 4.81. The van der Waals surface area contributed by atoms with Crippen molar-refractivity contribution in [2.24, 2.45) is 11.3 Å². The Kier molecular flexibility index (Phi) is 2.97. The van der Waals surface area contributed by atoms with E-state index in [0.717, 1.165) is 16.2 Å². The molecule has 2 aliphatic carbocycles. The minimum absolute atomic E-state index is 0.00489. The minimum Gasteiger partial charge on any atom is -0.468 e. The number of allylic oxidation sites excluding steroid dienone is 1. The minimum atomic E-state index is -1.00. The molecule has 19 heavy (non-hydrogen) atoms. The summed E-state index contributed by atoms with van der Waals surface area (Å²) in [5.74, 6) is -0.370. The van der Waals surface area contributed by atoms with Gasteiger partial charge in [-0.1, -0.05) is 36.0 Å². The Morgan fingerprint density at radius 3 is 2.74 bits per heavy atom. The molecule has 0 aromatic heterocycles. The van der Waals surface area contributed by atoms with Crippen molar-refractivity contribution in [3.8, 4) is 0 Å². The number of ketones is 1. The molecule has 0 radical (unpaired) electrons. The van der Waals surface area contributed by atoms with E-state index >= 15 is 0 Å². The molecule has 0 aliphatic heterocycles. The number of hydrogen-bond acceptors (Lipinski definition) is 4. The highest BCUT2D eigenvalue weighted by molar-refractivity contribution is 8.03. The van der Waals surface area contributed by atoms with Crippen molar-refractivity contribution in [2.75, 3.05) is 7.11 Å². The predicted molar refractivity (Wildman–Crippen MR) is 72.6 cm³/mol. The molecule has 0 saturated heterocycles. The summed E-state index contributed by atoms with van der Waals surface area (Å²) in [6.45, 7) is 0. The maximum atomic E-state index is 12.2. The van der Waals surface area contributed by atoms with Gasteiger partial charge in [0.25, 0.3) is 0 Å². The summed E-state index contributed by atoms with van der Waals surface area (Å²) < 4.78 is 4.88. The molecule has 0 unspecified atom stereocenters. The summed E-state index contributed by atoms with van der Waals surface area (Å²) in [4.78, 5) is 26.2. The highest BCUT2D eigenvalue weighted by atomic mass is 32.2. The molecular formula is C15H14O3S. The SMILES string of the molecule is COC(=O)[C@]12C(=O)CC[C@H]1C=C2Sc1ccccc1. The van der Waals surface area contributed by atoms with E-state index in [1.54, 1.807) is 0 Å². The lowest BCUT2D eigenvalue weighted by molar-refractivity contribution is -0.156. The van der Waals surface area contributed by atoms with E-state index in [4.69, 9.17) is 4.74 Å². The maximum absolute atomic E-state index is 12.2. The van der Waals surface area contributed by atoms with Gasteiger partial charge in [0.2, 0.25) is 0 Å². The molecule has 3 nitrogen and oxygen atoms in total. The third kappa shape index (κ3) is 1.66. The highest BCUT2D eigenvalue weighted by Gasteiger charge is 2.63. The van der Waals surface area contributed by atoms with Crippen LogP contribution in [0.5, 0.6) is 0 Å². The number of thioether (sulfide) groups is 1. The standard InChI is InChI=1S/C15H14O3S/c1-18-14(17)15-10(7-8-12(15)16)9-13(15)19-11-5-3-2-4-6-11/h2-6,9-10H,7-8H2,1H3/t10-,15-/m0/s1. The topological polar surface area (TPSA) is 43.4 Å². The van der Waals surface area contributed by atoms with Gasteiger partial charge in [-0.25, -0.2) is 0 Å². The van der Waals surface area contributed by atoms with Crippen molar-refractivity contribution < 1.29 is 14.3 Å². The van der Waals surface area contributed by atoms with Crippen LogP contribution in [0.1, 0.15) is 12.8 Å². The summed E-state index contributed by atoms with van der Waals surface area (Å²) >= 11 is 1.49. The van der Waals surface area contributed by atoms with Gasteiger partial charge in [0.1, 0.15) is 0 Å². The molecule has 0 heterocycles. The Balaban J connectivity index is 1.93. The maximum Gasteiger partial charge on any atom is 0.325 e. The van der Waals surface area contributed by atoms with E-state index in [1.807, 2.05) is 36.4 Å². The average Bonchev–Trinajstić information content (AvgIpc) is 2.68. The summed E-state index contributed by atoms with van der Waals surface area (Å²) in [5, 5.41) is 0. The number of esters is 1. The van der Waals surface area contributed by atoms with Crippen LogP contribution in [0, 0.1) is 11.3 Å². The van der Waals surface area contributed by atoms with Crippen LogP contribution in [0.15, 0.2) is 46.2 Å². The first-order chi connectivity index (χ1) is 9.19. The number of methoxy groups -OCH3 is 1. The van der Waals surface area contributed by atoms with E-state index in [-0.39, 0.29) is 11.7 Å². The zero-order chi connectivity index (χ0) is 13.5. The van der Waals surface area contributed by atoms with E-state index in [9.17, 15) is 9.59 Å². The quantitative estimate of drug-likeness (QED) is 0.628. The Hall–Kier alpha value is -1.55. The number of carbonyl (C=O) groups excluding carboxylic acids is 2. The van der Waals surface area contributed by atoms with Crippen LogP contribution in [-0.4, -0.2) is 18.9 Å². The third-order valence-electron chi connectivity index (χ3n) is 3.90. The van der Waals surface area contributed by atoms with Crippen LogP contribution in [0.2, 0.25) is 0 Å². The van der Waals surface area contributed by atoms with Gasteiger partial charge in [-0.3, -0.25) is 9.59 Å². The lowest BCUT2D eigenvalue weighted by Gasteiger charge is -2.39. The second-order valence-corrected chi connectivity index (χ2v) is 5.93. The Morgan fingerprint density at radius 1 is 1.37 bits per heavy atom. The van der Waals surface area contributed by atoms with Crippen molar-refractivity contribution in [3.05, 3.63) is 41.3 Å². The average molecular weight is 274 g/mol. The smallest absolute Gasteiger partial charge is 0.325 e. The number of hydrogen-bond donors (Lipinski definition) is 0. The van der Waals surface area contributed by atoms with Crippen LogP contribution >= 0.6 is 11.8 Å². The summed E-state index contributed by atoms with van der Waals surface area (Å²) in [6, 6.07) is 9.78. The van der Waals surface area contributed by atoms with Gasteiger partial charge in [0.05, 0.1) is 7.11 Å². The van der Waals surface area contributed by atoms with Crippen LogP contribution in [-0.2, 0) is 14.3 Å². The lowest BCUT2D eigenvalue weighted by atomic mass is 9.68. The van der Waals surface area contributed by atoms with Gasteiger partial charge >= 0.3 is 5.97 Å². The molecule has 1 fully saturated rings. The second kappa shape index (κ2) is 4.53. The number of Topliss-reactive ketones (excluding diaryl/α,β-unsaturated/α-hetero) is 1. The van der Waals surface area contributed by atoms with Gasteiger partial charge in [-0.05, 0) is 18.6 Å². The predicted octanol–water partition coefficient (Wildman–Crippen LogP) is 2.81. The number of carbonyl (C=O) groups is 2. The van der Waals surface area contributed by atoms with Gasteiger partial charge in [0.15, 0.2) is 11.2 Å². The van der Waals surface area contributed by atoms with Gasteiger partial charge in [-0.2, -0.15) is 0 Å². The Labute approximate surface area is 116 Å². The molecule has 0 bridgehead atoms. The zero-order valence-corrected chi connectivity index (χ0v) is 11.4. The first-order valence-electron chi connectivity index (χ1n) is 6.26. The largest absolute Gasteiger partial charge is 0.468 e. The summed E-state index contributed by atoms with van der Waals surface area (Å²) in [7, 11) is 1.35. The van der Waals surface area contributed by atoms with E-state index in [0.29, 0.717) is 6.42 Å². The third-order valence-corrected chi connectivity index (χ3v) is 5.08. The monoisotopic (exact) mass is 274 g/mol. The molecule has 0 amide bonds. The summed E-state index contributed by atoms with van der Waals surface area (Å²) in [5.41, 5.74) is -1.00. The fraction of sp³-hybridized carbons (Fsp3) is 0.333. The fourth-order valence-electron chi connectivity index (χ4n) is 2.91. The molecule has 2 atom stereocenters. The number of fused-ring (bicyclic) bond motifs is 1. The number of ether oxygens (including phenoxy) is 1. The molecular weight excluding hydrogens is 260 g/mol. The van der Waals surface area contributed by atoms with Crippen LogP contribution in [0.25, 0.3) is 0 Å². The van der Waals surface area contributed by atoms with Crippen molar-refractivity contribution >= 4 is 23.5 Å².